The molecule has 0 radical (unpaired) electrons. The standard InChI is InChI=1S/C20H20ClN5S/c1-13-24-17(11-27-13)14-4-6-20(21,7-5-14)16-2-3-18-15(8-16)9-22-10-19-25-23-12-26(18)19/h2-4,8,11-12,22H,5-7,9-10H2,1H3. The number of aryl methyl sites for hydroxylation is 1. The zero-order chi connectivity index (χ0) is 18.4. The van der Waals surface area contributed by atoms with Crippen molar-refractivity contribution >= 4 is 28.5 Å². The Morgan fingerprint density at radius 2 is 2.22 bits per heavy atom. The van der Waals surface area contributed by atoms with E-state index in [0.717, 1.165) is 54.6 Å². The molecule has 27 heavy (non-hydrogen) atoms. The summed E-state index contributed by atoms with van der Waals surface area (Å²) in [4.78, 5) is 4.27. The molecular formula is C20H20ClN5S. The molecule has 1 N–H and O–H groups in total. The van der Waals surface area contributed by atoms with Gasteiger partial charge in [0.2, 0.25) is 0 Å². The van der Waals surface area contributed by atoms with Gasteiger partial charge < -0.3 is 5.32 Å². The number of hydrogen-bond donors (Lipinski definition) is 1. The maximum absolute atomic E-state index is 7.11. The van der Waals surface area contributed by atoms with Gasteiger partial charge in [-0.3, -0.25) is 4.57 Å². The van der Waals surface area contributed by atoms with Gasteiger partial charge in [-0.05, 0) is 49.0 Å². The molecule has 0 spiro atoms. The lowest BCUT2D eigenvalue weighted by molar-refractivity contribution is 0.553. The summed E-state index contributed by atoms with van der Waals surface area (Å²) in [5, 5.41) is 14.9. The van der Waals surface area contributed by atoms with E-state index in [1.54, 1.807) is 17.7 Å². The third-order valence-electron chi connectivity index (χ3n) is 5.48. The fourth-order valence-electron chi connectivity index (χ4n) is 3.96. The summed E-state index contributed by atoms with van der Waals surface area (Å²) in [5.41, 5.74) is 5.99. The number of benzene rings is 1. The van der Waals surface area contributed by atoms with Crippen molar-refractivity contribution in [2.24, 2.45) is 0 Å². The number of rotatable bonds is 2. The van der Waals surface area contributed by atoms with Gasteiger partial charge >= 0.3 is 0 Å². The summed E-state index contributed by atoms with van der Waals surface area (Å²) < 4.78 is 2.06. The largest absolute Gasteiger partial charge is 0.306 e. The van der Waals surface area contributed by atoms with E-state index in [0.29, 0.717) is 0 Å². The van der Waals surface area contributed by atoms with Crippen LogP contribution in [0.5, 0.6) is 0 Å². The number of thiazole rings is 1. The minimum absolute atomic E-state index is 0.355. The Balaban J connectivity index is 1.46. The number of halogens is 1. The molecule has 3 aromatic rings. The van der Waals surface area contributed by atoms with Crippen LogP contribution in [0.3, 0.4) is 0 Å². The minimum atomic E-state index is -0.355. The van der Waals surface area contributed by atoms with Gasteiger partial charge in [0.15, 0.2) is 5.82 Å². The molecule has 3 heterocycles. The molecule has 1 aliphatic heterocycles. The van der Waals surface area contributed by atoms with E-state index < -0.39 is 0 Å². The Morgan fingerprint density at radius 3 is 3.00 bits per heavy atom. The van der Waals surface area contributed by atoms with E-state index in [4.69, 9.17) is 11.6 Å². The topological polar surface area (TPSA) is 55.6 Å². The molecule has 0 bridgehead atoms. The zero-order valence-corrected chi connectivity index (χ0v) is 16.6. The zero-order valence-electron chi connectivity index (χ0n) is 15.1. The van der Waals surface area contributed by atoms with Crippen LogP contribution in [0.25, 0.3) is 11.3 Å². The molecule has 138 valence electrons. The smallest absolute Gasteiger partial charge is 0.151 e. The Kier molecular flexibility index (Phi) is 4.15. The molecule has 0 saturated carbocycles. The molecule has 1 atom stereocenters. The first-order valence-corrected chi connectivity index (χ1v) is 10.4. The van der Waals surface area contributed by atoms with Gasteiger partial charge in [0.05, 0.1) is 27.8 Å². The number of alkyl halides is 1. The summed E-state index contributed by atoms with van der Waals surface area (Å²) >= 11 is 8.81. The van der Waals surface area contributed by atoms with Crippen molar-refractivity contribution in [2.45, 2.75) is 44.1 Å². The fourth-order valence-corrected chi connectivity index (χ4v) is 4.88. The van der Waals surface area contributed by atoms with Crippen molar-refractivity contribution in [3.8, 4) is 5.69 Å². The number of allylic oxidation sites excluding steroid dienone is 2. The van der Waals surface area contributed by atoms with Crippen molar-refractivity contribution in [2.75, 3.05) is 0 Å². The molecule has 1 aromatic carbocycles. The van der Waals surface area contributed by atoms with Gasteiger partial charge in [0.1, 0.15) is 6.33 Å². The average Bonchev–Trinajstić information content (AvgIpc) is 3.28. The van der Waals surface area contributed by atoms with Crippen LogP contribution in [0.2, 0.25) is 0 Å². The first-order valence-electron chi connectivity index (χ1n) is 9.16. The quantitative estimate of drug-likeness (QED) is 0.653. The average molecular weight is 398 g/mol. The second-order valence-corrected chi connectivity index (χ2v) is 9.00. The predicted molar refractivity (Wildman–Crippen MR) is 108 cm³/mol. The lowest BCUT2D eigenvalue weighted by Crippen LogP contribution is -2.22. The predicted octanol–water partition coefficient (Wildman–Crippen LogP) is 4.34. The van der Waals surface area contributed by atoms with Gasteiger partial charge in [-0.15, -0.1) is 33.1 Å². The SMILES string of the molecule is Cc1nc(C2=CCC(Cl)(c3ccc4c(c3)CNCc3nncn3-4)CC2)cs1. The highest BCUT2D eigenvalue weighted by Gasteiger charge is 2.33. The van der Waals surface area contributed by atoms with Crippen molar-refractivity contribution in [1.29, 1.82) is 0 Å². The van der Waals surface area contributed by atoms with Crippen LogP contribution in [0.15, 0.2) is 36.0 Å². The molecule has 1 aliphatic carbocycles. The number of aromatic nitrogens is 4. The van der Waals surface area contributed by atoms with Crippen LogP contribution >= 0.6 is 22.9 Å². The van der Waals surface area contributed by atoms with Crippen LogP contribution < -0.4 is 5.32 Å². The van der Waals surface area contributed by atoms with E-state index in [-0.39, 0.29) is 4.87 Å². The maximum atomic E-state index is 7.11. The highest BCUT2D eigenvalue weighted by atomic mass is 35.5. The van der Waals surface area contributed by atoms with Gasteiger partial charge in [-0.2, -0.15) is 0 Å². The Hall–Kier alpha value is -2.02. The van der Waals surface area contributed by atoms with E-state index in [9.17, 15) is 0 Å². The van der Waals surface area contributed by atoms with Gasteiger partial charge in [0.25, 0.3) is 0 Å². The third-order valence-corrected chi connectivity index (χ3v) is 6.82. The molecule has 5 nitrogen and oxygen atoms in total. The van der Waals surface area contributed by atoms with Crippen LogP contribution in [-0.4, -0.2) is 19.7 Å². The molecular weight excluding hydrogens is 378 g/mol. The minimum Gasteiger partial charge on any atom is -0.306 e. The fraction of sp³-hybridized carbons (Fsp3) is 0.350. The van der Waals surface area contributed by atoms with Gasteiger partial charge in [0, 0.05) is 11.9 Å². The molecule has 0 saturated heterocycles. The molecule has 1 unspecified atom stereocenters. The normalized spacial score (nSPS) is 21.9. The van der Waals surface area contributed by atoms with Crippen molar-refractivity contribution in [1.82, 2.24) is 25.1 Å². The Morgan fingerprint density at radius 1 is 1.30 bits per heavy atom. The number of fused-ring (bicyclic) bond motifs is 3. The van der Waals surface area contributed by atoms with E-state index in [1.165, 1.54) is 16.7 Å². The van der Waals surface area contributed by atoms with Crippen LogP contribution in [0.1, 0.15) is 46.9 Å². The first kappa shape index (κ1) is 17.1. The van der Waals surface area contributed by atoms with Crippen LogP contribution in [0, 0.1) is 6.92 Å². The second kappa shape index (κ2) is 6.55. The van der Waals surface area contributed by atoms with Gasteiger partial charge in [-0.25, -0.2) is 4.98 Å². The Bertz CT molecular complexity index is 1040. The monoisotopic (exact) mass is 397 g/mol. The van der Waals surface area contributed by atoms with E-state index in [1.807, 2.05) is 6.92 Å². The molecule has 5 rings (SSSR count). The summed E-state index contributed by atoms with van der Waals surface area (Å²) in [6.45, 7) is 3.57. The summed E-state index contributed by atoms with van der Waals surface area (Å²) in [6, 6.07) is 6.56. The summed E-state index contributed by atoms with van der Waals surface area (Å²) in [6.07, 6.45) is 6.75. The number of nitrogens with zero attached hydrogens (tertiary/aromatic N) is 4. The molecule has 0 fully saturated rings. The lowest BCUT2D eigenvalue weighted by atomic mass is 9.82. The summed E-state index contributed by atoms with van der Waals surface area (Å²) in [5.74, 6) is 0.936. The van der Waals surface area contributed by atoms with Crippen LogP contribution in [-0.2, 0) is 18.0 Å². The highest BCUT2D eigenvalue weighted by Crippen LogP contribution is 2.45. The molecule has 2 aromatic heterocycles. The van der Waals surface area contributed by atoms with Crippen molar-refractivity contribution in [3.05, 3.63) is 63.6 Å². The molecule has 2 aliphatic rings. The highest BCUT2D eigenvalue weighted by molar-refractivity contribution is 7.09. The molecule has 7 heteroatoms. The second-order valence-electron chi connectivity index (χ2n) is 7.21. The molecule has 0 amide bonds. The van der Waals surface area contributed by atoms with Gasteiger partial charge in [-0.1, -0.05) is 18.2 Å². The first-order chi connectivity index (χ1) is 13.1. The number of nitrogens with one attached hydrogen (secondary N) is 1. The maximum Gasteiger partial charge on any atom is 0.151 e. The lowest BCUT2D eigenvalue weighted by Gasteiger charge is -2.31. The third kappa shape index (κ3) is 3.02. The van der Waals surface area contributed by atoms with Crippen molar-refractivity contribution < 1.29 is 0 Å². The van der Waals surface area contributed by atoms with Crippen molar-refractivity contribution in [3.63, 3.8) is 0 Å². The Labute approximate surface area is 167 Å². The van der Waals surface area contributed by atoms with Crippen LogP contribution in [0.4, 0.5) is 0 Å². The van der Waals surface area contributed by atoms with E-state index >= 15 is 0 Å². The van der Waals surface area contributed by atoms with E-state index in [2.05, 4.69) is 54.7 Å². The number of hydrogen-bond acceptors (Lipinski definition) is 5. The summed E-state index contributed by atoms with van der Waals surface area (Å²) in [7, 11) is 0.